The zero-order chi connectivity index (χ0) is 15.2. The monoisotopic (exact) mass is 307 g/mol. The molecule has 2 heterocycles. The van der Waals surface area contributed by atoms with Gasteiger partial charge in [0, 0.05) is 30.5 Å². The van der Waals surface area contributed by atoms with Gasteiger partial charge in [-0.2, -0.15) is 5.10 Å². The van der Waals surface area contributed by atoms with Crippen molar-refractivity contribution in [1.29, 1.82) is 0 Å². The second kappa shape index (κ2) is 5.11. The quantitative estimate of drug-likeness (QED) is 0.872. The molecule has 0 unspecified atom stereocenters. The molecule has 0 fully saturated rings. The molecular formula is C16H19ClFN3. The number of nitrogens with zero attached hydrogens (tertiary/aromatic N) is 2. The molecule has 0 atom stereocenters. The fraction of sp³-hybridized carbons (Fsp3) is 0.438. The molecular weight excluding hydrogens is 289 g/mol. The maximum absolute atomic E-state index is 13.4. The predicted octanol–water partition coefficient (Wildman–Crippen LogP) is 3.61. The first-order chi connectivity index (χ1) is 9.88. The van der Waals surface area contributed by atoms with Crippen molar-refractivity contribution in [2.75, 3.05) is 6.54 Å². The number of hydrogen-bond acceptors (Lipinski definition) is 2. The number of hydrogen-bond donors (Lipinski definition) is 1. The SMILES string of the molecule is CC(C)(C)c1nn(-c2ccc(F)c(Cl)c2)c2c1CNCC2. The van der Waals surface area contributed by atoms with Crippen molar-refractivity contribution in [3.05, 3.63) is 46.0 Å². The van der Waals surface area contributed by atoms with Crippen molar-refractivity contribution < 1.29 is 4.39 Å². The molecule has 0 aliphatic carbocycles. The highest BCUT2D eigenvalue weighted by Crippen LogP contribution is 2.31. The third-order valence-electron chi connectivity index (χ3n) is 3.79. The van der Waals surface area contributed by atoms with E-state index in [0.29, 0.717) is 0 Å². The summed E-state index contributed by atoms with van der Waals surface area (Å²) in [6.07, 6.45) is 0.910. The lowest BCUT2D eigenvalue weighted by Crippen LogP contribution is -2.26. The average Bonchev–Trinajstić information content (AvgIpc) is 2.81. The van der Waals surface area contributed by atoms with Gasteiger partial charge in [-0.1, -0.05) is 32.4 Å². The predicted molar refractivity (Wildman–Crippen MR) is 82.6 cm³/mol. The van der Waals surface area contributed by atoms with E-state index in [9.17, 15) is 4.39 Å². The van der Waals surface area contributed by atoms with Gasteiger partial charge in [-0.25, -0.2) is 9.07 Å². The number of aromatic nitrogens is 2. The van der Waals surface area contributed by atoms with Gasteiger partial charge in [-0.05, 0) is 18.2 Å². The van der Waals surface area contributed by atoms with Crippen molar-refractivity contribution in [3.63, 3.8) is 0 Å². The van der Waals surface area contributed by atoms with Crippen molar-refractivity contribution in [1.82, 2.24) is 15.1 Å². The fourth-order valence-electron chi connectivity index (χ4n) is 2.78. The number of rotatable bonds is 1. The average molecular weight is 308 g/mol. The highest BCUT2D eigenvalue weighted by atomic mass is 35.5. The van der Waals surface area contributed by atoms with E-state index in [0.717, 1.165) is 30.9 Å². The largest absolute Gasteiger partial charge is 0.312 e. The first-order valence-corrected chi connectivity index (χ1v) is 7.53. The van der Waals surface area contributed by atoms with Gasteiger partial charge in [0.25, 0.3) is 0 Å². The molecule has 21 heavy (non-hydrogen) atoms. The first-order valence-electron chi connectivity index (χ1n) is 7.15. The van der Waals surface area contributed by atoms with Gasteiger partial charge in [0.1, 0.15) is 5.82 Å². The van der Waals surface area contributed by atoms with Crippen LogP contribution in [0, 0.1) is 5.82 Å². The summed E-state index contributed by atoms with van der Waals surface area (Å²) in [6, 6.07) is 4.76. The molecule has 5 heteroatoms. The van der Waals surface area contributed by atoms with Gasteiger partial charge in [0.2, 0.25) is 0 Å². The Bertz CT molecular complexity index is 686. The molecule has 1 aliphatic heterocycles. The van der Waals surface area contributed by atoms with Crippen LogP contribution in [0.15, 0.2) is 18.2 Å². The molecule has 0 bridgehead atoms. The molecule has 2 aromatic rings. The molecule has 0 saturated carbocycles. The minimum Gasteiger partial charge on any atom is -0.312 e. The number of fused-ring (bicyclic) bond motifs is 1. The smallest absolute Gasteiger partial charge is 0.141 e. The lowest BCUT2D eigenvalue weighted by molar-refractivity contribution is 0.548. The molecule has 1 N–H and O–H groups in total. The molecule has 3 nitrogen and oxygen atoms in total. The highest BCUT2D eigenvalue weighted by molar-refractivity contribution is 6.30. The molecule has 3 rings (SSSR count). The second-order valence-electron chi connectivity index (χ2n) is 6.46. The summed E-state index contributed by atoms with van der Waals surface area (Å²) in [7, 11) is 0. The molecule has 0 saturated heterocycles. The Kier molecular flexibility index (Phi) is 3.54. The minimum absolute atomic E-state index is 0.0296. The van der Waals surface area contributed by atoms with Crippen molar-refractivity contribution in [2.24, 2.45) is 0 Å². The van der Waals surface area contributed by atoms with Crippen LogP contribution < -0.4 is 5.32 Å². The Morgan fingerprint density at radius 3 is 2.76 bits per heavy atom. The highest BCUT2D eigenvalue weighted by Gasteiger charge is 2.28. The van der Waals surface area contributed by atoms with Gasteiger partial charge < -0.3 is 5.32 Å². The summed E-state index contributed by atoms with van der Waals surface area (Å²) < 4.78 is 15.3. The van der Waals surface area contributed by atoms with Gasteiger partial charge in [-0.3, -0.25) is 0 Å². The van der Waals surface area contributed by atoms with Crippen LogP contribution in [0.1, 0.15) is 37.7 Å². The van der Waals surface area contributed by atoms with E-state index in [1.54, 1.807) is 12.1 Å². The summed E-state index contributed by atoms with van der Waals surface area (Å²) in [5.41, 5.74) is 4.33. The Morgan fingerprint density at radius 2 is 2.10 bits per heavy atom. The molecule has 1 aromatic carbocycles. The van der Waals surface area contributed by atoms with Crippen LogP contribution in [0.4, 0.5) is 4.39 Å². The Hall–Kier alpha value is -1.39. The van der Waals surface area contributed by atoms with E-state index in [4.69, 9.17) is 16.7 Å². The third kappa shape index (κ3) is 2.58. The van der Waals surface area contributed by atoms with E-state index in [1.165, 1.54) is 17.3 Å². The summed E-state index contributed by atoms with van der Waals surface area (Å²) in [5.74, 6) is -0.404. The second-order valence-corrected chi connectivity index (χ2v) is 6.87. The van der Waals surface area contributed by atoms with Gasteiger partial charge in [0.15, 0.2) is 0 Å². The summed E-state index contributed by atoms with van der Waals surface area (Å²) >= 11 is 5.92. The van der Waals surface area contributed by atoms with E-state index in [-0.39, 0.29) is 10.4 Å². The number of halogens is 2. The lowest BCUT2D eigenvalue weighted by Gasteiger charge is -2.20. The zero-order valence-electron chi connectivity index (χ0n) is 12.5. The zero-order valence-corrected chi connectivity index (χ0v) is 13.3. The maximum atomic E-state index is 13.4. The first kappa shape index (κ1) is 14.5. The normalized spacial score (nSPS) is 15.1. The summed E-state index contributed by atoms with van der Waals surface area (Å²) in [4.78, 5) is 0. The minimum atomic E-state index is -0.404. The standard InChI is InChI=1S/C16H19ClFN3/c1-16(2,3)15-11-9-19-7-6-14(11)21(20-15)10-4-5-13(18)12(17)8-10/h4-5,8,19H,6-7,9H2,1-3H3. The number of benzene rings is 1. The van der Waals surface area contributed by atoms with E-state index in [2.05, 4.69) is 26.1 Å². The van der Waals surface area contributed by atoms with Crippen LogP contribution in [0.5, 0.6) is 0 Å². The summed E-state index contributed by atoms with van der Waals surface area (Å²) in [6.45, 7) is 8.23. The van der Waals surface area contributed by atoms with Crippen LogP contribution in [-0.4, -0.2) is 16.3 Å². The molecule has 0 amide bonds. The van der Waals surface area contributed by atoms with E-state index < -0.39 is 5.82 Å². The van der Waals surface area contributed by atoms with Gasteiger partial charge in [-0.15, -0.1) is 0 Å². The molecule has 1 aromatic heterocycles. The van der Waals surface area contributed by atoms with Gasteiger partial charge >= 0.3 is 0 Å². The van der Waals surface area contributed by atoms with Crippen molar-refractivity contribution in [3.8, 4) is 5.69 Å². The van der Waals surface area contributed by atoms with Gasteiger partial charge in [0.05, 0.1) is 22.1 Å². The topological polar surface area (TPSA) is 29.9 Å². The maximum Gasteiger partial charge on any atom is 0.141 e. The molecule has 1 aliphatic rings. The van der Waals surface area contributed by atoms with Crippen LogP contribution in [-0.2, 0) is 18.4 Å². The van der Waals surface area contributed by atoms with E-state index >= 15 is 0 Å². The van der Waals surface area contributed by atoms with E-state index in [1.807, 2.05) is 4.68 Å². The van der Waals surface area contributed by atoms with Crippen LogP contribution in [0.3, 0.4) is 0 Å². The Morgan fingerprint density at radius 1 is 1.33 bits per heavy atom. The van der Waals surface area contributed by atoms with Crippen LogP contribution in [0.25, 0.3) is 5.69 Å². The van der Waals surface area contributed by atoms with Crippen LogP contribution in [0.2, 0.25) is 5.02 Å². The third-order valence-corrected chi connectivity index (χ3v) is 4.08. The fourth-order valence-corrected chi connectivity index (χ4v) is 2.96. The lowest BCUT2D eigenvalue weighted by atomic mass is 9.88. The Balaban J connectivity index is 2.18. The molecule has 112 valence electrons. The molecule has 0 radical (unpaired) electrons. The molecule has 0 spiro atoms. The van der Waals surface area contributed by atoms with Crippen LogP contribution >= 0.6 is 11.6 Å². The van der Waals surface area contributed by atoms with Crippen molar-refractivity contribution in [2.45, 2.75) is 39.2 Å². The van der Waals surface area contributed by atoms with Crippen molar-refractivity contribution >= 4 is 11.6 Å². The number of nitrogens with one attached hydrogen (secondary N) is 1. The summed E-state index contributed by atoms with van der Waals surface area (Å²) in [5, 5.41) is 8.33. The Labute approximate surface area is 129 Å².